The van der Waals surface area contributed by atoms with Gasteiger partial charge in [0.15, 0.2) is 0 Å². The lowest BCUT2D eigenvalue weighted by molar-refractivity contribution is 0.544. The Morgan fingerprint density at radius 3 is 2.45 bits per heavy atom. The second-order valence-corrected chi connectivity index (χ2v) is 6.47. The van der Waals surface area contributed by atoms with Gasteiger partial charge in [-0.25, -0.2) is 0 Å². The molecule has 3 aliphatic rings. The van der Waals surface area contributed by atoms with Crippen molar-refractivity contribution >= 4 is 5.57 Å². The molecular weight excluding hydrogens is 240 g/mol. The van der Waals surface area contributed by atoms with Crippen LogP contribution < -0.4 is 0 Å². The number of hydrogen-bond acceptors (Lipinski definition) is 0. The minimum Gasteiger partial charge on any atom is -0.0619 e. The Balaban J connectivity index is 1.82. The average Bonchev–Trinajstić information content (AvgIpc) is 3.12. The van der Waals surface area contributed by atoms with Crippen LogP contribution in [0.15, 0.2) is 54.1 Å². The molecule has 1 saturated carbocycles. The smallest absolute Gasteiger partial charge is 0.00485 e. The molecular formula is C20H18. The van der Waals surface area contributed by atoms with Gasteiger partial charge in [0.25, 0.3) is 0 Å². The highest BCUT2D eigenvalue weighted by Gasteiger charge is 2.40. The van der Waals surface area contributed by atoms with Crippen LogP contribution in [0.25, 0.3) is 5.57 Å². The second kappa shape index (κ2) is 3.85. The van der Waals surface area contributed by atoms with E-state index in [1.807, 2.05) is 0 Å². The molecule has 0 bridgehead atoms. The van der Waals surface area contributed by atoms with Crippen LogP contribution in [0, 0.1) is 5.92 Å². The predicted octanol–water partition coefficient (Wildman–Crippen LogP) is 4.94. The van der Waals surface area contributed by atoms with E-state index in [9.17, 15) is 0 Å². The van der Waals surface area contributed by atoms with Gasteiger partial charge in [0.1, 0.15) is 0 Å². The Kier molecular flexibility index (Phi) is 2.10. The first-order valence-corrected chi connectivity index (χ1v) is 7.84. The van der Waals surface area contributed by atoms with E-state index in [0.717, 1.165) is 11.8 Å². The summed E-state index contributed by atoms with van der Waals surface area (Å²) in [6.07, 6.45) is 5.37. The van der Waals surface area contributed by atoms with Crippen molar-refractivity contribution in [3.05, 3.63) is 76.4 Å². The second-order valence-electron chi connectivity index (χ2n) is 6.47. The van der Waals surface area contributed by atoms with E-state index in [1.165, 1.54) is 36.8 Å². The van der Waals surface area contributed by atoms with E-state index in [1.54, 1.807) is 22.3 Å². The lowest BCUT2D eigenvalue weighted by Gasteiger charge is -2.30. The van der Waals surface area contributed by atoms with Crippen molar-refractivity contribution < 1.29 is 0 Å². The SMILES string of the molecule is c1ccc2c(c1)CC1=C2c2ccccc2C2CCCC12. The molecule has 0 N–H and O–H groups in total. The van der Waals surface area contributed by atoms with Crippen LogP contribution in [0.2, 0.25) is 0 Å². The van der Waals surface area contributed by atoms with Gasteiger partial charge in [-0.2, -0.15) is 0 Å². The summed E-state index contributed by atoms with van der Waals surface area (Å²) in [5.74, 6) is 1.60. The summed E-state index contributed by atoms with van der Waals surface area (Å²) in [7, 11) is 0. The third-order valence-electron chi connectivity index (χ3n) is 5.58. The number of allylic oxidation sites excluding steroid dienone is 1. The molecule has 0 nitrogen and oxygen atoms in total. The summed E-state index contributed by atoms with van der Waals surface area (Å²) in [6.45, 7) is 0. The molecule has 2 aromatic carbocycles. The fraction of sp³-hybridized carbons (Fsp3) is 0.300. The summed E-state index contributed by atoms with van der Waals surface area (Å²) >= 11 is 0. The fourth-order valence-electron chi connectivity index (χ4n) is 4.82. The molecule has 98 valence electrons. The summed E-state index contributed by atoms with van der Waals surface area (Å²) < 4.78 is 0. The molecule has 0 radical (unpaired) electrons. The molecule has 0 aromatic heterocycles. The van der Waals surface area contributed by atoms with Crippen molar-refractivity contribution in [3.63, 3.8) is 0 Å². The van der Waals surface area contributed by atoms with Crippen LogP contribution >= 0.6 is 0 Å². The molecule has 0 amide bonds. The first kappa shape index (κ1) is 10.9. The number of fused-ring (bicyclic) bond motifs is 7. The first-order chi connectivity index (χ1) is 9.93. The van der Waals surface area contributed by atoms with E-state index < -0.39 is 0 Å². The third-order valence-corrected chi connectivity index (χ3v) is 5.58. The molecule has 20 heavy (non-hydrogen) atoms. The van der Waals surface area contributed by atoms with Crippen molar-refractivity contribution in [2.24, 2.45) is 5.92 Å². The summed E-state index contributed by atoms with van der Waals surface area (Å²) in [5.41, 5.74) is 9.51. The van der Waals surface area contributed by atoms with Gasteiger partial charge in [-0.3, -0.25) is 0 Å². The van der Waals surface area contributed by atoms with Gasteiger partial charge in [-0.15, -0.1) is 0 Å². The molecule has 5 rings (SSSR count). The van der Waals surface area contributed by atoms with Gasteiger partial charge in [-0.05, 0) is 58.9 Å². The Bertz CT molecular complexity index is 735. The van der Waals surface area contributed by atoms with Crippen molar-refractivity contribution in [3.8, 4) is 0 Å². The zero-order chi connectivity index (χ0) is 13.1. The van der Waals surface area contributed by atoms with Crippen molar-refractivity contribution in [2.75, 3.05) is 0 Å². The quantitative estimate of drug-likeness (QED) is 0.627. The first-order valence-electron chi connectivity index (χ1n) is 7.84. The van der Waals surface area contributed by atoms with Crippen molar-refractivity contribution in [1.82, 2.24) is 0 Å². The van der Waals surface area contributed by atoms with Gasteiger partial charge in [-0.1, -0.05) is 60.5 Å². The molecule has 2 unspecified atom stereocenters. The maximum atomic E-state index is 2.38. The van der Waals surface area contributed by atoms with Crippen LogP contribution in [-0.2, 0) is 6.42 Å². The predicted molar refractivity (Wildman–Crippen MR) is 82.7 cm³/mol. The molecule has 3 aliphatic carbocycles. The lowest BCUT2D eigenvalue weighted by Crippen LogP contribution is -2.16. The van der Waals surface area contributed by atoms with Crippen LogP contribution in [0.4, 0.5) is 0 Å². The Morgan fingerprint density at radius 2 is 1.50 bits per heavy atom. The average molecular weight is 258 g/mol. The minimum absolute atomic E-state index is 0.791. The number of rotatable bonds is 0. The van der Waals surface area contributed by atoms with E-state index >= 15 is 0 Å². The molecule has 0 heteroatoms. The number of hydrogen-bond donors (Lipinski definition) is 0. The minimum atomic E-state index is 0.791. The summed E-state index contributed by atoms with van der Waals surface area (Å²) in [6, 6.07) is 18.2. The maximum Gasteiger partial charge on any atom is -0.00485 e. The Morgan fingerprint density at radius 1 is 0.750 bits per heavy atom. The molecule has 0 heterocycles. The van der Waals surface area contributed by atoms with Gasteiger partial charge >= 0.3 is 0 Å². The van der Waals surface area contributed by atoms with Crippen LogP contribution in [0.1, 0.15) is 47.4 Å². The zero-order valence-electron chi connectivity index (χ0n) is 11.6. The lowest BCUT2D eigenvalue weighted by atomic mass is 9.73. The molecule has 2 atom stereocenters. The summed E-state index contributed by atoms with van der Waals surface area (Å²) in [4.78, 5) is 0. The highest BCUT2D eigenvalue weighted by Crippen LogP contribution is 2.55. The van der Waals surface area contributed by atoms with E-state index in [4.69, 9.17) is 0 Å². The maximum absolute atomic E-state index is 2.38. The summed E-state index contributed by atoms with van der Waals surface area (Å²) in [5, 5.41) is 0. The molecule has 0 aliphatic heterocycles. The van der Waals surface area contributed by atoms with E-state index in [0.29, 0.717) is 0 Å². The highest BCUT2D eigenvalue weighted by atomic mass is 14.4. The molecule has 2 aromatic rings. The van der Waals surface area contributed by atoms with Crippen molar-refractivity contribution in [1.29, 1.82) is 0 Å². The third kappa shape index (κ3) is 1.27. The van der Waals surface area contributed by atoms with Crippen LogP contribution in [0.3, 0.4) is 0 Å². The largest absolute Gasteiger partial charge is 0.0619 e. The standard InChI is InChI=1S/C20H18/c1-2-7-14-13(6-1)12-19-17-11-5-10-15(17)16-8-3-4-9-18(16)20(14)19/h1-4,6-9,15,17H,5,10-12H2. The van der Waals surface area contributed by atoms with Gasteiger partial charge in [0.2, 0.25) is 0 Å². The van der Waals surface area contributed by atoms with Crippen LogP contribution in [0.5, 0.6) is 0 Å². The molecule has 0 saturated heterocycles. The molecule has 0 spiro atoms. The van der Waals surface area contributed by atoms with E-state index in [-0.39, 0.29) is 0 Å². The van der Waals surface area contributed by atoms with Gasteiger partial charge in [0.05, 0.1) is 0 Å². The van der Waals surface area contributed by atoms with Gasteiger partial charge in [0, 0.05) is 0 Å². The zero-order valence-corrected chi connectivity index (χ0v) is 11.6. The van der Waals surface area contributed by atoms with E-state index in [2.05, 4.69) is 48.5 Å². The normalized spacial score (nSPS) is 26.0. The monoisotopic (exact) mass is 258 g/mol. The van der Waals surface area contributed by atoms with Crippen molar-refractivity contribution in [2.45, 2.75) is 31.6 Å². The highest BCUT2D eigenvalue weighted by molar-refractivity contribution is 5.90. The Labute approximate surface area is 120 Å². The topological polar surface area (TPSA) is 0 Å². The fourth-order valence-corrected chi connectivity index (χ4v) is 4.82. The van der Waals surface area contributed by atoms with Crippen LogP contribution in [-0.4, -0.2) is 0 Å². The Hall–Kier alpha value is -1.82. The molecule has 1 fully saturated rings. The number of benzene rings is 2. The van der Waals surface area contributed by atoms with Gasteiger partial charge < -0.3 is 0 Å².